The van der Waals surface area contributed by atoms with Crippen LogP contribution in [-0.2, 0) is 4.74 Å². The van der Waals surface area contributed by atoms with Crippen LogP contribution in [0.4, 0.5) is 13.2 Å². The number of rotatable bonds is 3. The number of ether oxygens (including phenoxy) is 2. The summed E-state index contributed by atoms with van der Waals surface area (Å²) in [7, 11) is 0. The van der Waals surface area contributed by atoms with Crippen molar-refractivity contribution < 1.29 is 27.4 Å². The smallest absolute Gasteiger partial charge is 0.461 e. The lowest BCUT2D eigenvalue weighted by atomic mass is 10.3. The molecule has 0 N–H and O–H groups in total. The summed E-state index contributed by atoms with van der Waals surface area (Å²) < 4.78 is 44.2. The molecule has 94 valence electrons. The van der Waals surface area contributed by atoms with Crippen LogP contribution in [0.1, 0.15) is 17.4 Å². The van der Waals surface area contributed by atoms with Gasteiger partial charge in [-0.05, 0) is 28.9 Å². The van der Waals surface area contributed by atoms with Crippen LogP contribution in [0.3, 0.4) is 0 Å². The first-order chi connectivity index (χ1) is 7.83. The average Bonchev–Trinajstić information content (AvgIpc) is 2.19. The van der Waals surface area contributed by atoms with E-state index in [2.05, 4.69) is 30.4 Å². The van der Waals surface area contributed by atoms with Gasteiger partial charge in [0.15, 0.2) is 5.69 Å². The van der Waals surface area contributed by atoms with Gasteiger partial charge in [-0.25, -0.2) is 9.78 Å². The van der Waals surface area contributed by atoms with Gasteiger partial charge in [0.25, 0.3) is 0 Å². The molecule has 1 aromatic heterocycles. The van der Waals surface area contributed by atoms with E-state index in [0.29, 0.717) is 0 Å². The molecule has 1 rings (SSSR count). The Kier molecular flexibility index (Phi) is 4.33. The number of nitrogens with zero attached hydrogens (tertiary/aromatic N) is 1. The zero-order valence-electron chi connectivity index (χ0n) is 8.55. The van der Waals surface area contributed by atoms with Crippen molar-refractivity contribution in [2.45, 2.75) is 13.3 Å². The lowest BCUT2D eigenvalue weighted by Gasteiger charge is -2.09. The van der Waals surface area contributed by atoms with Gasteiger partial charge in [-0.2, -0.15) is 0 Å². The summed E-state index contributed by atoms with van der Waals surface area (Å²) in [5, 5.41) is 0. The Hall–Kier alpha value is -1.31. The van der Waals surface area contributed by atoms with Crippen LogP contribution in [0.5, 0.6) is 5.88 Å². The van der Waals surface area contributed by atoms with Crippen LogP contribution >= 0.6 is 15.9 Å². The van der Waals surface area contributed by atoms with Crippen molar-refractivity contribution in [2.24, 2.45) is 0 Å². The Balaban J connectivity index is 2.98. The second-order valence-electron chi connectivity index (χ2n) is 2.75. The van der Waals surface area contributed by atoms with E-state index in [1.165, 1.54) is 6.07 Å². The van der Waals surface area contributed by atoms with Crippen molar-refractivity contribution in [3.8, 4) is 5.88 Å². The first-order valence-corrected chi connectivity index (χ1v) is 5.22. The molecule has 0 fully saturated rings. The molecule has 4 nitrogen and oxygen atoms in total. The molecule has 0 saturated carbocycles. The maximum Gasteiger partial charge on any atom is 0.574 e. The highest BCUT2D eigenvalue weighted by molar-refractivity contribution is 9.10. The summed E-state index contributed by atoms with van der Waals surface area (Å²) in [5.41, 5.74) is -0.270. The molecule has 1 heterocycles. The number of hydrogen-bond donors (Lipinski definition) is 0. The minimum atomic E-state index is -4.85. The Bertz CT molecular complexity index is 422. The minimum Gasteiger partial charge on any atom is -0.461 e. The van der Waals surface area contributed by atoms with Crippen molar-refractivity contribution in [3.05, 3.63) is 22.3 Å². The van der Waals surface area contributed by atoms with Crippen LogP contribution in [0.2, 0.25) is 0 Å². The average molecular weight is 314 g/mol. The number of aromatic nitrogens is 1. The van der Waals surface area contributed by atoms with Gasteiger partial charge in [0.05, 0.1) is 11.1 Å². The lowest BCUT2D eigenvalue weighted by molar-refractivity contribution is -0.276. The van der Waals surface area contributed by atoms with Crippen molar-refractivity contribution in [1.29, 1.82) is 0 Å². The Morgan fingerprint density at radius 3 is 2.65 bits per heavy atom. The molecular weight excluding hydrogens is 307 g/mol. The molecule has 0 aliphatic heterocycles. The summed E-state index contributed by atoms with van der Waals surface area (Å²) in [5.74, 6) is -1.55. The summed E-state index contributed by atoms with van der Waals surface area (Å²) >= 11 is 2.98. The molecule has 0 amide bonds. The SMILES string of the molecule is CCOC(=O)c1nc(OC(F)(F)F)ccc1Br. The second-order valence-corrected chi connectivity index (χ2v) is 3.60. The fourth-order valence-corrected chi connectivity index (χ4v) is 1.32. The number of hydrogen-bond acceptors (Lipinski definition) is 4. The van der Waals surface area contributed by atoms with Gasteiger partial charge < -0.3 is 9.47 Å². The molecule has 0 aliphatic rings. The Morgan fingerprint density at radius 2 is 2.12 bits per heavy atom. The van der Waals surface area contributed by atoms with Gasteiger partial charge in [0, 0.05) is 6.07 Å². The van der Waals surface area contributed by atoms with E-state index in [-0.39, 0.29) is 16.8 Å². The normalized spacial score (nSPS) is 11.1. The summed E-state index contributed by atoms with van der Waals surface area (Å²) in [6.45, 7) is 1.67. The van der Waals surface area contributed by atoms with Crippen molar-refractivity contribution in [1.82, 2.24) is 4.98 Å². The molecule has 1 aromatic rings. The van der Waals surface area contributed by atoms with E-state index in [9.17, 15) is 18.0 Å². The summed E-state index contributed by atoms with van der Waals surface area (Å²) in [4.78, 5) is 14.7. The van der Waals surface area contributed by atoms with Gasteiger partial charge in [-0.15, -0.1) is 13.2 Å². The van der Waals surface area contributed by atoms with E-state index in [4.69, 9.17) is 0 Å². The minimum absolute atomic E-state index is 0.0946. The highest BCUT2D eigenvalue weighted by Gasteiger charge is 2.32. The zero-order chi connectivity index (χ0) is 13.1. The van der Waals surface area contributed by atoms with Crippen LogP contribution < -0.4 is 4.74 Å². The molecule has 17 heavy (non-hydrogen) atoms. The molecule has 0 aliphatic carbocycles. The van der Waals surface area contributed by atoms with Crippen LogP contribution in [-0.4, -0.2) is 23.9 Å². The second kappa shape index (κ2) is 5.35. The Labute approximate surface area is 103 Å². The monoisotopic (exact) mass is 313 g/mol. The third kappa shape index (κ3) is 4.22. The Morgan fingerprint density at radius 1 is 1.47 bits per heavy atom. The highest BCUT2D eigenvalue weighted by Crippen LogP contribution is 2.24. The number of pyridine rings is 1. The van der Waals surface area contributed by atoms with Gasteiger partial charge in [-0.1, -0.05) is 0 Å². The molecule has 0 unspecified atom stereocenters. The van der Waals surface area contributed by atoms with Crippen LogP contribution in [0.15, 0.2) is 16.6 Å². The lowest BCUT2D eigenvalue weighted by Crippen LogP contribution is -2.19. The fourth-order valence-electron chi connectivity index (χ4n) is 0.942. The first kappa shape index (κ1) is 13.8. The zero-order valence-corrected chi connectivity index (χ0v) is 10.1. The first-order valence-electron chi connectivity index (χ1n) is 4.43. The quantitative estimate of drug-likeness (QED) is 0.805. The highest BCUT2D eigenvalue weighted by atomic mass is 79.9. The summed E-state index contributed by atoms with van der Waals surface area (Å²) in [6.07, 6.45) is -4.85. The number of carbonyl (C=O) groups excluding carboxylic acids is 1. The summed E-state index contributed by atoms with van der Waals surface area (Å²) in [6, 6.07) is 2.21. The third-order valence-electron chi connectivity index (χ3n) is 1.51. The van der Waals surface area contributed by atoms with E-state index in [1.54, 1.807) is 6.92 Å². The molecule has 0 spiro atoms. The molecule has 8 heteroatoms. The number of esters is 1. The van der Waals surface area contributed by atoms with Crippen molar-refractivity contribution >= 4 is 21.9 Å². The number of carbonyl (C=O) groups is 1. The molecule has 0 saturated heterocycles. The van der Waals surface area contributed by atoms with Gasteiger partial charge in [0.2, 0.25) is 5.88 Å². The van der Waals surface area contributed by atoms with Crippen molar-refractivity contribution in [3.63, 3.8) is 0 Å². The van der Waals surface area contributed by atoms with Crippen LogP contribution in [0.25, 0.3) is 0 Å². The largest absolute Gasteiger partial charge is 0.574 e. The molecular formula is C9H7BrF3NO3. The topological polar surface area (TPSA) is 48.4 Å². The maximum atomic E-state index is 11.9. The van der Waals surface area contributed by atoms with Crippen LogP contribution in [0, 0.1) is 0 Å². The van der Waals surface area contributed by atoms with Crippen molar-refractivity contribution in [2.75, 3.05) is 6.61 Å². The van der Waals surface area contributed by atoms with Gasteiger partial charge >= 0.3 is 12.3 Å². The van der Waals surface area contributed by atoms with Gasteiger partial charge in [-0.3, -0.25) is 0 Å². The molecule has 0 atom stereocenters. The van der Waals surface area contributed by atoms with E-state index >= 15 is 0 Å². The van der Waals surface area contributed by atoms with E-state index < -0.39 is 18.2 Å². The fraction of sp³-hybridized carbons (Fsp3) is 0.333. The number of halogens is 4. The molecule has 0 bridgehead atoms. The third-order valence-corrected chi connectivity index (χ3v) is 2.15. The van der Waals surface area contributed by atoms with Gasteiger partial charge in [0.1, 0.15) is 0 Å². The molecule has 0 aromatic carbocycles. The van der Waals surface area contributed by atoms with E-state index in [1.807, 2.05) is 0 Å². The maximum absolute atomic E-state index is 11.9. The predicted molar refractivity (Wildman–Crippen MR) is 54.6 cm³/mol. The van der Waals surface area contributed by atoms with E-state index in [0.717, 1.165) is 6.07 Å². The number of alkyl halides is 3. The predicted octanol–water partition coefficient (Wildman–Crippen LogP) is 2.92. The molecule has 0 radical (unpaired) electrons. The standard InChI is InChI=1S/C9H7BrF3NO3/c1-2-16-8(15)7-5(10)3-4-6(14-7)17-9(11,12)13/h3-4H,2H2,1H3.